The molecule has 2 amide bonds. The van der Waals surface area contributed by atoms with Crippen molar-refractivity contribution >= 4 is 12.2 Å². The van der Waals surface area contributed by atoms with Gasteiger partial charge in [0.25, 0.3) is 0 Å². The smallest absolute Gasteiger partial charge is 0.442 e. The van der Waals surface area contributed by atoms with Gasteiger partial charge in [-0.3, -0.25) is 5.32 Å². The molecule has 0 aliphatic carbocycles. The van der Waals surface area contributed by atoms with Crippen LogP contribution in [0.2, 0.25) is 0 Å². The number of carbonyl (C=O) groups excluding carboxylic acids is 2. The number of ether oxygens (including phenoxy) is 1. The summed E-state index contributed by atoms with van der Waals surface area (Å²) >= 11 is 0. The molecule has 6 heteroatoms. The number of nitrogens with one attached hydrogen (secondary N) is 1. The zero-order chi connectivity index (χ0) is 18.0. The molecule has 0 bridgehead atoms. The third-order valence-electron chi connectivity index (χ3n) is 3.58. The molecule has 1 N–H and O–H groups in total. The quantitative estimate of drug-likeness (QED) is 0.888. The fourth-order valence-electron chi connectivity index (χ4n) is 2.61. The van der Waals surface area contributed by atoms with Crippen LogP contribution < -0.4 is 5.32 Å². The third-order valence-corrected chi connectivity index (χ3v) is 3.58. The fraction of sp³-hybridized carbons (Fsp3) is 0.263. The number of hydrogen-bond acceptors (Lipinski definition) is 4. The van der Waals surface area contributed by atoms with Gasteiger partial charge in [-0.15, -0.1) is 5.06 Å². The Balaban J connectivity index is 1.97. The molecule has 0 aromatic heterocycles. The zero-order valence-corrected chi connectivity index (χ0v) is 14.4. The molecule has 1 aliphatic heterocycles. The second-order valence-electron chi connectivity index (χ2n) is 6.69. The molecule has 0 spiro atoms. The van der Waals surface area contributed by atoms with Crippen LogP contribution in [0.3, 0.4) is 0 Å². The summed E-state index contributed by atoms with van der Waals surface area (Å²) < 4.78 is 5.34. The summed E-state index contributed by atoms with van der Waals surface area (Å²) in [6.07, 6.45) is -2.18. The van der Waals surface area contributed by atoms with E-state index in [2.05, 4.69) is 5.32 Å². The first-order valence-electron chi connectivity index (χ1n) is 8.00. The highest BCUT2D eigenvalue weighted by Crippen LogP contribution is 2.33. The monoisotopic (exact) mass is 340 g/mol. The van der Waals surface area contributed by atoms with Gasteiger partial charge in [-0.25, -0.2) is 9.59 Å². The Hall–Kier alpha value is -3.02. The second kappa shape index (κ2) is 6.47. The summed E-state index contributed by atoms with van der Waals surface area (Å²) in [6, 6.07) is 17.3. The molecule has 0 saturated carbocycles. The molecule has 130 valence electrons. The molecule has 1 saturated heterocycles. The number of benzene rings is 2. The van der Waals surface area contributed by atoms with Crippen LogP contribution in [0.5, 0.6) is 0 Å². The standard InChI is InChI=1S/C19H20N2O4/c1-19(2,3)24-18(23)21-16(20-17(22)25-21)15-12-8-7-11-14(15)13-9-5-4-6-10-13/h4-12,16H,1-3H3,(H,20,22). The molecule has 1 unspecified atom stereocenters. The van der Waals surface area contributed by atoms with Crippen molar-refractivity contribution in [1.82, 2.24) is 10.4 Å². The number of amides is 2. The van der Waals surface area contributed by atoms with Gasteiger partial charge >= 0.3 is 12.2 Å². The zero-order valence-electron chi connectivity index (χ0n) is 14.4. The first-order valence-corrected chi connectivity index (χ1v) is 8.00. The van der Waals surface area contributed by atoms with Crippen molar-refractivity contribution in [3.8, 4) is 11.1 Å². The van der Waals surface area contributed by atoms with Crippen LogP contribution >= 0.6 is 0 Å². The Labute approximate surface area is 146 Å². The summed E-state index contributed by atoms with van der Waals surface area (Å²) in [4.78, 5) is 29.2. The van der Waals surface area contributed by atoms with Crippen LogP contribution in [0.4, 0.5) is 9.59 Å². The normalized spacial score (nSPS) is 17.0. The molecule has 6 nitrogen and oxygen atoms in total. The van der Waals surface area contributed by atoms with Crippen molar-refractivity contribution in [2.24, 2.45) is 0 Å². The van der Waals surface area contributed by atoms with E-state index in [-0.39, 0.29) is 0 Å². The van der Waals surface area contributed by atoms with Crippen molar-refractivity contribution in [2.75, 3.05) is 0 Å². The van der Waals surface area contributed by atoms with Gasteiger partial charge in [0.15, 0.2) is 6.17 Å². The van der Waals surface area contributed by atoms with Crippen LogP contribution in [0.15, 0.2) is 54.6 Å². The van der Waals surface area contributed by atoms with E-state index in [4.69, 9.17) is 9.57 Å². The van der Waals surface area contributed by atoms with Gasteiger partial charge in [0.05, 0.1) is 0 Å². The van der Waals surface area contributed by atoms with Gasteiger partial charge in [-0.1, -0.05) is 54.6 Å². The SMILES string of the molecule is CC(C)(C)OC(=O)N1OC(=O)NC1c1ccccc1-c1ccccc1. The van der Waals surface area contributed by atoms with Gasteiger partial charge in [0.2, 0.25) is 0 Å². The Bertz CT molecular complexity index is 784. The Morgan fingerprint density at radius 1 is 1.08 bits per heavy atom. The van der Waals surface area contributed by atoms with Crippen molar-refractivity contribution < 1.29 is 19.2 Å². The van der Waals surface area contributed by atoms with Crippen LogP contribution in [0, 0.1) is 0 Å². The van der Waals surface area contributed by atoms with E-state index in [9.17, 15) is 9.59 Å². The molecule has 1 fully saturated rings. The summed E-state index contributed by atoms with van der Waals surface area (Å²) in [5, 5.41) is 3.60. The van der Waals surface area contributed by atoms with Crippen LogP contribution in [0.1, 0.15) is 32.5 Å². The molecule has 1 heterocycles. The molecule has 0 radical (unpaired) electrons. The predicted molar refractivity (Wildman–Crippen MR) is 92.3 cm³/mol. The van der Waals surface area contributed by atoms with Crippen LogP contribution in [0.25, 0.3) is 11.1 Å². The van der Waals surface area contributed by atoms with Crippen LogP contribution in [-0.4, -0.2) is 22.9 Å². The first kappa shape index (κ1) is 16.8. The highest BCUT2D eigenvalue weighted by Gasteiger charge is 2.40. The number of rotatable bonds is 2. The lowest BCUT2D eigenvalue weighted by molar-refractivity contribution is -0.0945. The van der Waals surface area contributed by atoms with E-state index < -0.39 is 24.0 Å². The number of hydrogen-bond donors (Lipinski definition) is 1. The molecule has 3 rings (SSSR count). The Morgan fingerprint density at radius 3 is 2.40 bits per heavy atom. The van der Waals surface area contributed by atoms with Crippen LogP contribution in [-0.2, 0) is 9.57 Å². The summed E-state index contributed by atoms with van der Waals surface area (Å²) in [5.41, 5.74) is 1.91. The highest BCUT2D eigenvalue weighted by molar-refractivity contribution is 5.78. The van der Waals surface area contributed by atoms with Gasteiger partial charge in [-0.05, 0) is 31.9 Å². The maximum atomic E-state index is 12.4. The largest absolute Gasteiger partial charge is 0.446 e. The number of nitrogens with zero attached hydrogens (tertiary/aromatic N) is 1. The molecular formula is C19H20N2O4. The first-order chi connectivity index (χ1) is 11.8. The lowest BCUT2D eigenvalue weighted by Crippen LogP contribution is -2.37. The Morgan fingerprint density at radius 2 is 1.72 bits per heavy atom. The fourth-order valence-corrected chi connectivity index (χ4v) is 2.61. The molecule has 2 aromatic carbocycles. The third kappa shape index (κ3) is 3.74. The predicted octanol–water partition coefficient (Wildman–Crippen LogP) is 4.24. The molecule has 25 heavy (non-hydrogen) atoms. The topological polar surface area (TPSA) is 67.9 Å². The minimum atomic E-state index is -0.765. The highest BCUT2D eigenvalue weighted by atomic mass is 16.8. The minimum absolute atomic E-state index is 0.696. The number of carbonyl (C=O) groups is 2. The Kier molecular flexibility index (Phi) is 4.35. The van der Waals surface area contributed by atoms with Gasteiger partial charge in [0.1, 0.15) is 5.60 Å². The van der Waals surface area contributed by atoms with Crippen molar-refractivity contribution in [2.45, 2.75) is 32.5 Å². The van der Waals surface area contributed by atoms with E-state index >= 15 is 0 Å². The average molecular weight is 340 g/mol. The van der Waals surface area contributed by atoms with Crippen molar-refractivity contribution in [3.05, 3.63) is 60.2 Å². The summed E-state index contributed by atoms with van der Waals surface area (Å²) in [7, 11) is 0. The van der Waals surface area contributed by atoms with E-state index in [0.717, 1.165) is 21.8 Å². The average Bonchev–Trinajstić information content (AvgIpc) is 2.96. The number of hydroxylamine groups is 2. The molecule has 1 aliphatic rings. The van der Waals surface area contributed by atoms with Gasteiger partial charge in [-0.2, -0.15) is 0 Å². The maximum absolute atomic E-state index is 12.4. The molecular weight excluding hydrogens is 320 g/mol. The lowest BCUT2D eigenvalue weighted by Gasteiger charge is -2.26. The van der Waals surface area contributed by atoms with Gasteiger partial charge < -0.3 is 9.57 Å². The van der Waals surface area contributed by atoms with E-state index in [0.29, 0.717) is 0 Å². The van der Waals surface area contributed by atoms with Crippen molar-refractivity contribution in [3.63, 3.8) is 0 Å². The van der Waals surface area contributed by atoms with Gasteiger partial charge in [0, 0.05) is 5.56 Å². The van der Waals surface area contributed by atoms with E-state index in [1.807, 2.05) is 54.6 Å². The lowest BCUT2D eigenvalue weighted by atomic mass is 9.98. The van der Waals surface area contributed by atoms with E-state index in [1.54, 1.807) is 20.8 Å². The molecule has 2 aromatic rings. The molecule has 1 atom stereocenters. The maximum Gasteiger partial charge on any atom is 0.446 e. The second-order valence-corrected chi connectivity index (χ2v) is 6.69. The summed E-state index contributed by atoms with van der Waals surface area (Å²) in [5.74, 6) is 0. The summed E-state index contributed by atoms with van der Waals surface area (Å²) in [6.45, 7) is 5.26. The van der Waals surface area contributed by atoms with Crippen molar-refractivity contribution in [1.29, 1.82) is 0 Å². The van der Waals surface area contributed by atoms with E-state index in [1.165, 1.54) is 0 Å². The minimum Gasteiger partial charge on any atom is -0.442 e.